The number of aromatic nitrogens is 1. The highest BCUT2D eigenvalue weighted by Crippen LogP contribution is 2.32. The molecule has 1 aliphatic rings. The molecule has 1 amide bonds. The number of amides is 1. The van der Waals surface area contributed by atoms with Crippen LogP contribution in [0.5, 0.6) is 0 Å². The van der Waals surface area contributed by atoms with Crippen molar-refractivity contribution in [3.05, 3.63) is 39.9 Å². The van der Waals surface area contributed by atoms with Crippen molar-refractivity contribution < 1.29 is 14.7 Å². The van der Waals surface area contributed by atoms with E-state index >= 15 is 0 Å². The van der Waals surface area contributed by atoms with Gasteiger partial charge in [-0.25, -0.2) is 9.78 Å². The zero-order valence-electron chi connectivity index (χ0n) is 14.7. The normalized spacial score (nSPS) is 17.6. The van der Waals surface area contributed by atoms with Crippen LogP contribution in [0.1, 0.15) is 45.8 Å². The van der Waals surface area contributed by atoms with E-state index in [4.69, 9.17) is 0 Å². The number of carbonyl (C=O) groups excluding carboxylic acids is 1. The van der Waals surface area contributed by atoms with Crippen LogP contribution in [0.25, 0.3) is 10.6 Å². The summed E-state index contributed by atoms with van der Waals surface area (Å²) in [5, 5.41) is 10.2. The molecule has 6 heteroatoms. The monoisotopic (exact) mass is 358 g/mol. The molecule has 0 saturated carbocycles. The number of carboxylic acids is 1. The van der Waals surface area contributed by atoms with Crippen molar-refractivity contribution in [2.45, 2.75) is 46.1 Å². The molecule has 1 aromatic carbocycles. The van der Waals surface area contributed by atoms with E-state index in [2.05, 4.69) is 11.1 Å². The maximum Gasteiger partial charge on any atom is 0.326 e. The lowest BCUT2D eigenvalue weighted by Crippen LogP contribution is -2.47. The molecule has 3 rings (SSSR count). The van der Waals surface area contributed by atoms with Crippen LogP contribution in [0.2, 0.25) is 0 Å². The highest BCUT2D eigenvalue weighted by molar-refractivity contribution is 7.17. The number of likely N-dealkylation sites (tertiary alicyclic amines) is 1. The zero-order valence-corrected chi connectivity index (χ0v) is 15.5. The van der Waals surface area contributed by atoms with Gasteiger partial charge in [0, 0.05) is 12.1 Å². The van der Waals surface area contributed by atoms with Crippen molar-refractivity contribution in [2.24, 2.45) is 0 Å². The lowest BCUT2D eigenvalue weighted by Gasteiger charge is -2.32. The first-order chi connectivity index (χ1) is 11.9. The van der Waals surface area contributed by atoms with E-state index in [0.29, 0.717) is 23.5 Å². The molecule has 0 aliphatic carbocycles. The lowest BCUT2D eigenvalue weighted by atomic mass is 10.0. The SMILES string of the molecule is Cc1ccc(-c2nc(C)c(C(=O)N3CCCCC3C(=O)O)s2)c(C)c1. The van der Waals surface area contributed by atoms with Gasteiger partial charge in [0.1, 0.15) is 15.9 Å². The number of piperidine rings is 1. The summed E-state index contributed by atoms with van der Waals surface area (Å²) >= 11 is 1.35. The number of nitrogens with zero attached hydrogens (tertiary/aromatic N) is 2. The number of hydrogen-bond donors (Lipinski definition) is 1. The summed E-state index contributed by atoms with van der Waals surface area (Å²) in [7, 11) is 0. The van der Waals surface area contributed by atoms with Crippen LogP contribution in [-0.4, -0.2) is 39.5 Å². The molecule has 0 bridgehead atoms. The van der Waals surface area contributed by atoms with Crippen LogP contribution in [0.15, 0.2) is 18.2 Å². The Bertz CT molecular complexity index is 828. The summed E-state index contributed by atoms with van der Waals surface area (Å²) in [5.41, 5.74) is 3.99. The molecule has 1 fully saturated rings. The molecule has 2 heterocycles. The number of carboxylic acid groups (broad SMARTS) is 1. The molecule has 1 atom stereocenters. The van der Waals surface area contributed by atoms with Crippen LogP contribution >= 0.6 is 11.3 Å². The highest BCUT2D eigenvalue weighted by Gasteiger charge is 2.34. The summed E-state index contributed by atoms with van der Waals surface area (Å²) in [6, 6.07) is 5.43. The van der Waals surface area contributed by atoms with E-state index in [1.165, 1.54) is 21.8 Å². The average Bonchev–Trinajstić information content (AvgIpc) is 2.95. The summed E-state index contributed by atoms with van der Waals surface area (Å²) in [6.07, 6.45) is 2.20. The van der Waals surface area contributed by atoms with Crippen molar-refractivity contribution in [2.75, 3.05) is 6.54 Å². The van der Waals surface area contributed by atoms with Gasteiger partial charge < -0.3 is 10.0 Å². The third-order valence-electron chi connectivity index (χ3n) is 4.65. The van der Waals surface area contributed by atoms with Gasteiger partial charge in [0.05, 0.1) is 5.69 Å². The minimum atomic E-state index is -0.926. The standard InChI is InChI=1S/C19H22N2O3S/c1-11-7-8-14(12(2)10-11)17-20-13(3)16(25-17)18(22)21-9-5-4-6-15(21)19(23)24/h7-8,10,15H,4-6,9H2,1-3H3,(H,23,24). The average molecular weight is 358 g/mol. The molecule has 0 radical (unpaired) electrons. The Morgan fingerprint density at radius 1 is 1.24 bits per heavy atom. The maximum atomic E-state index is 13.0. The quantitative estimate of drug-likeness (QED) is 0.905. The van der Waals surface area contributed by atoms with E-state index in [-0.39, 0.29) is 5.91 Å². The van der Waals surface area contributed by atoms with Crippen LogP contribution in [-0.2, 0) is 4.79 Å². The molecule has 1 N–H and O–H groups in total. The second-order valence-electron chi connectivity index (χ2n) is 6.60. The topological polar surface area (TPSA) is 70.5 Å². The molecule has 1 saturated heterocycles. The summed E-state index contributed by atoms with van der Waals surface area (Å²) < 4.78 is 0. The Morgan fingerprint density at radius 3 is 2.68 bits per heavy atom. The number of benzene rings is 1. The Labute approximate surface area is 151 Å². The third-order valence-corrected chi connectivity index (χ3v) is 5.83. The molecule has 25 heavy (non-hydrogen) atoms. The second-order valence-corrected chi connectivity index (χ2v) is 7.60. The van der Waals surface area contributed by atoms with Crippen LogP contribution in [0.4, 0.5) is 0 Å². The van der Waals surface area contributed by atoms with Gasteiger partial charge in [-0.1, -0.05) is 23.8 Å². The molecule has 132 valence electrons. The van der Waals surface area contributed by atoms with Crippen LogP contribution < -0.4 is 0 Å². The molecule has 1 aromatic heterocycles. The Balaban J connectivity index is 1.94. The van der Waals surface area contributed by atoms with E-state index in [9.17, 15) is 14.7 Å². The van der Waals surface area contributed by atoms with E-state index in [1.54, 1.807) is 0 Å². The summed E-state index contributed by atoms with van der Waals surface area (Å²) in [5.74, 6) is -1.14. The minimum Gasteiger partial charge on any atom is -0.480 e. The first kappa shape index (κ1) is 17.6. The molecule has 5 nitrogen and oxygen atoms in total. The van der Waals surface area contributed by atoms with Crippen LogP contribution in [0, 0.1) is 20.8 Å². The van der Waals surface area contributed by atoms with Crippen molar-refractivity contribution in [1.82, 2.24) is 9.88 Å². The summed E-state index contributed by atoms with van der Waals surface area (Å²) in [6.45, 7) is 6.38. The smallest absolute Gasteiger partial charge is 0.326 e. The molecule has 2 aromatic rings. The van der Waals surface area contributed by atoms with Crippen molar-refractivity contribution >= 4 is 23.2 Å². The van der Waals surface area contributed by atoms with Gasteiger partial charge in [-0.3, -0.25) is 4.79 Å². The Kier molecular flexibility index (Phi) is 4.90. The van der Waals surface area contributed by atoms with Gasteiger partial charge in [0.2, 0.25) is 0 Å². The predicted octanol–water partition coefficient (Wildman–Crippen LogP) is 3.81. The molecular weight excluding hydrogens is 336 g/mol. The number of hydrogen-bond acceptors (Lipinski definition) is 4. The fourth-order valence-corrected chi connectivity index (χ4v) is 4.44. The fourth-order valence-electron chi connectivity index (χ4n) is 3.33. The maximum absolute atomic E-state index is 13.0. The number of aryl methyl sites for hydroxylation is 3. The summed E-state index contributed by atoms with van der Waals surface area (Å²) in [4.78, 5) is 31.1. The van der Waals surface area contributed by atoms with Gasteiger partial charge >= 0.3 is 5.97 Å². The van der Waals surface area contributed by atoms with Gasteiger partial charge in [-0.2, -0.15) is 0 Å². The third kappa shape index (κ3) is 3.44. The Hall–Kier alpha value is -2.21. The van der Waals surface area contributed by atoms with E-state index in [0.717, 1.165) is 29.0 Å². The van der Waals surface area contributed by atoms with Gasteiger partial charge in [0.15, 0.2) is 0 Å². The number of thiazole rings is 1. The van der Waals surface area contributed by atoms with Crippen molar-refractivity contribution in [1.29, 1.82) is 0 Å². The van der Waals surface area contributed by atoms with Crippen LogP contribution in [0.3, 0.4) is 0 Å². The highest BCUT2D eigenvalue weighted by atomic mass is 32.1. The zero-order chi connectivity index (χ0) is 18.1. The van der Waals surface area contributed by atoms with E-state index in [1.807, 2.05) is 32.9 Å². The molecule has 0 spiro atoms. The molecule has 1 aliphatic heterocycles. The predicted molar refractivity (Wildman–Crippen MR) is 98.1 cm³/mol. The molecular formula is C19H22N2O3S. The van der Waals surface area contributed by atoms with Gasteiger partial charge in [0.25, 0.3) is 5.91 Å². The van der Waals surface area contributed by atoms with E-state index < -0.39 is 12.0 Å². The first-order valence-corrected chi connectivity index (χ1v) is 9.29. The van der Waals surface area contributed by atoms with Crippen molar-refractivity contribution in [3.8, 4) is 10.6 Å². The van der Waals surface area contributed by atoms with Gasteiger partial charge in [-0.05, 0) is 45.6 Å². The first-order valence-electron chi connectivity index (χ1n) is 8.47. The largest absolute Gasteiger partial charge is 0.480 e. The second kappa shape index (κ2) is 6.96. The number of aliphatic carboxylic acids is 1. The van der Waals surface area contributed by atoms with Crippen molar-refractivity contribution in [3.63, 3.8) is 0 Å². The fraction of sp³-hybridized carbons (Fsp3) is 0.421. The minimum absolute atomic E-state index is 0.210. The van der Waals surface area contributed by atoms with Gasteiger partial charge in [-0.15, -0.1) is 11.3 Å². The lowest BCUT2D eigenvalue weighted by molar-refractivity contribution is -0.143. The Morgan fingerprint density at radius 2 is 2.00 bits per heavy atom. The number of carbonyl (C=O) groups is 2. The molecule has 1 unspecified atom stereocenters. The number of rotatable bonds is 3.